The molecule has 1 radical (unpaired) electrons. The van der Waals surface area contributed by atoms with Crippen LogP contribution < -0.4 is 5.69 Å². The SMILES string of the molecule is C=CC.CC.CCc1c[nH]c(=O)n2c(C)c(C)nc12.[Y]. The van der Waals surface area contributed by atoms with Crippen molar-refractivity contribution >= 4 is 5.65 Å². The topological polar surface area (TPSA) is 50.2 Å². The number of H-pyrrole nitrogens is 1. The number of rotatable bonds is 1. The molecule has 4 nitrogen and oxygen atoms in total. The van der Waals surface area contributed by atoms with E-state index in [0.29, 0.717) is 0 Å². The third kappa shape index (κ3) is 4.99. The van der Waals surface area contributed by atoms with Gasteiger partial charge in [0.1, 0.15) is 5.65 Å². The molecule has 0 amide bonds. The molecule has 0 atom stereocenters. The number of hydrogen-bond acceptors (Lipinski definition) is 2. The van der Waals surface area contributed by atoms with E-state index < -0.39 is 0 Å². The Hall–Kier alpha value is -0.736. The number of nitrogens with one attached hydrogen (secondary N) is 1. The molecule has 0 saturated heterocycles. The van der Waals surface area contributed by atoms with Crippen molar-refractivity contribution in [3.63, 3.8) is 0 Å². The summed E-state index contributed by atoms with van der Waals surface area (Å²) in [6.45, 7) is 15.1. The van der Waals surface area contributed by atoms with Crippen molar-refractivity contribution in [2.75, 3.05) is 0 Å². The summed E-state index contributed by atoms with van der Waals surface area (Å²) < 4.78 is 1.63. The van der Waals surface area contributed by atoms with Gasteiger partial charge in [-0.15, -0.1) is 6.58 Å². The van der Waals surface area contributed by atoms with Crippen molar-refractivity contribution in [1.29, 1.82) is 0 Å². The maximum Gasteiger partial charge on any atom is 0.331 e. The minimum Gasteiger partial charge on any atom is -0.313 e. The molecule has 0 spiro atoms. The molecule has 0 aliphatic rings. The van der Waals surface area contributed by atoms with Crippen molar-refractivity contribution in [2.45, 2.75) is 48.0 Å². The first-order valence-electron chi connectivity index (χ1n) is 6.70. The first-order chi connectivity index (χ1) is 9.06. The molecule has 2 aromatic rings. The van der Waals surface area contributed by atoms with E-state index in [-0.39, 0.29) is 38.4 Å². The van der Waals surface area contributed by atoms with Gasteiger partial charge in [-0.05, 0) is 27.2 Å². The van der Waals surface area contributed by atoms with Crippen molar-refractivity contribution < 1.29 is 32.7 Å². The maximum atomic E-state index is 11.5. The largest absolute Gasteiger partial charge is 0.331 e. The minimum absolute atomic E-state index is 0. The van der Waals surface area contributed by atoms with Gasteiger partial charge in [-0.1, -0.05) is 26.8 Å². The van der Waals surface area contributed by atoms with E-state index in [1.807, 2.05) is 41.5 Å². The molecule has 0 unspecified atom stereocenters. The molecule has 0 aromatic carbocycles. The van der Waals surface area contributed by atoms with Crippen LogP contribution in [0.3, 0.4) is 0 Å². The van der Waals surface area contributed by atoms with E-state index in [9.17, 15) is 4.79 Å². The van der Waals surface area contributed by atoms with E-state index in [4.69, 9.17) is 0 Å². The number of aryl methyl sites for hydroxylation is 3. The van der Waals surface area contributed by atoms with E-state index in [1.165, 1.54) is 0 Å². The Morgan fingerprint density at radius 2 is 1.90 bits per heavy atom. The number of fused-ring (bicyclic) bond motifs is 1. The summed E-state index contributed by atoms with van der Waals surface area (Å²) in [5.74, 6) is 0. The van der Waals surface area contributed by atoms with Crippen LogP contribution in [0.25, 0.3) is 5.65 Å². The second-order valence-electron chi connectivity index (χ2n) is 3.82. The Morgan fingerprint density at radius 1 is 1.40 bits per heavy atom. The van der Waals surface area contributed by atoms with Crippen LogP contribution in [0.1, 0.15) is 44.6 Å². The Kier molecular flexibility index (Phi) is 11.8. The van der Waals surface area contributed by atoms with Gasteiger partial charge in [0.05, 0.1) is 5.69 Å². The third-order valence-electron chi connectivity index (χ3n) is 2.59. The number of imidazole rings is 1. The van der Waals surface area contributed by atoms with E-state index in [0.717, 1.165) is 29.0 Å². The fourth-order valence-corrected chi connectivity index (χ4v) is 1.61. The number of nitrogens with zero attached hydrogens (tertiary/aromatic N) is 2. The van der Waals surface area contributed by atoms with Crippen LogP contribution in [-0.2, 0) is 39.1 Å². The molecule has 109 valence electrons. The van der Waals surface area contributed by atoms with Crippen LogP contribution in [-0.4, -0.2) is 14.4 Å². The summed E-state index contributed by atoms with van der Waals surface area (Å²) in [5.41, 5.74) is 3.57. The first-order valence-corrected chi connectivity index (χ1v) is 6.70. The molecular weight excluding hydrogens is 327 g/mol. The number of aromatic amines is 1. The molecule has 2 rings (SSSR count). The Morgan fingerprint density at radius 3 is 2.35 bits per heavy atom. The molecule has 1 N–H and O–H groups in total. The molecular formula is C15H25N3OY. The Balaban J connectivity index is 0. The van der Waals surface area contributed by atoms with Gasteiger partial charge in [0.15, 0.2) is 0 Å². The Bertz CT molecular complexity index is 585. The maximum absolute atomic E-state index is 11.5. The van der Waals surface area contributed by atoms with Gasteiger partial charge in [-0.3, -0.25) is 0 Å². The zero-order chi connectivity index (χ0) is 15.0. The monoisotopic (exact) mass is 352 g/mol. The van der Waals surface area contributed by atoms with Gasteiger partial charge in [0.2, 0.25) is 0 Å². The molecule has 0 saturated carbocycles. The normalized spacial score (nSPS) is 8.70. The fraction of sp³-hybridized carbons (Fsp3) is 0.467. The van der Waals surface area contributed by atoms with Crippen LogP contribution in [0.4, 0.5) is 0 Å². The second-order valence-corrected chi connectivity index (χ2v) is 3.82. The zero-order valence-electron chi connectivity index (χ0n) is 13.4. The number of hydrogen-bond donors (Lipinski definition) is 1. The van der Waals surface area contributed by atoms with Crippen LogP contribution >= 0.6 is 0 Å². The molecule has 20 heavy (non-hydrogen) atoms. The molecule has 5 heteroatoms. The van der Waals surface area contributed by atoms with Gasteiger partial charge in [-0.2, -0.15) is 0 Å². The quantitative estimate of drug-likeness (QED) is 0.800. The predicted molar refractivity (Wildman–Crippen MR) is 81.9 cm³/mol. The Labute approximate surface area is 146 Å². The van der Waals surface area contributed by atoms with Crippen LogP contribution in [0.15, 0.2) is 23.6 Å². The van der Waals surface area contributed by atoms with Crippen molar-refractivity contribution in [1.82, 2.24) is 14.4 Å². The molecule has 2 heterocycles. The number of aromatic nitrogens is 3. The summed E-state index contributed by atoms with van der Waals surface area (Å²) in [5, 5.41) is 0. The van der Waals surface area contributed by atoms with Gasteiger partial charge in [-0.25, -0.2) is 14.2 Å². The molecule has 0 aliphatic carbocycles. The van der Waals surface area contributed by atoms with E-state index >= 15 is 0 Å². The molecule has 2 aromatic heterocycles. The average molecular weight is 352 g/mol. The van der Waals surface area contributed by atoms with Crippen molar-refractivity contribution in [3.8, 4) is 0 Å². The van der Waals surface area contributed by atoms with E-state index in [2.05, 4.69) is 16.5 Å². The molecule has 0 aliphatic heterocycles. The fourth-order valence-electron chi connectivity index (χ4n) is 1.61. The van der Waals surface area contributed by atoms with Gasteiger partial charge in [0.25, 0.3) is 0 Å². The predicted octanol–water partition coefficient (Wildman–Crippen LogP) is 3.42. The van der Waals surface area contributed by atoms with Gasteiger partial charge in [0, 0.05) is 50.2 Å². The average Bonchev–Trinajstić information content (AvgIpc) is 2.71. The minimum atomic E-state index is -0.115. The van der Waals surface area contributed by atoms with Crippen LogP contribution in [0, 0.1) is 13.8 Å². The summed E-state index contributed by atoms with van der Waals surface area (Å²) >= 11 is 0. The summed E-state index contributed by atoms with van der Waals surface area (Å²) in [4.78, 5) is 18.7. The molecule has 0 fully saturated rings. The van der Waals surface area contributed by atoms with Crippen LogP contribution in [0.5, 0.6) is 0 Å². The van der Waals surface area contributed by atoms with Crippen LogP contribution in [0.2, 0.25) is 0 Å². The van der Waals surface area contributed by atoms with Crippen molar-refractivity contribution in [3.05, 3.63) is 46.3 Å². The van der Waals surface area contributed by atoms with Gasteiger partial charge < -0.3 is 4.98 Å². The summed E-state index contributed by atoms with van der Waals surface area (Å²) in [7, 11) is 0. The van der Waals surface area contributed by atoms with Crippen molar-refractivity contribution in [2.24, 2.45) is 0 Å². The first kappa shape index (κ1) is 21.6. The van der Waals surface area contributed by atoms with Gasteiger partial charge >= 0.3 is 5.69 Å². The standard InChI is InChI=1S/C10H13N3O.C3H6.C2H6.Y/c1-4-8-5-11-10(14)13-7(3)6(2)12-9(8)13;1-3-2;1-2;/h5H,4H2,1-3H3,(H,11,14);3H,1H2,2H3;1-2H3;. The van der Waals surface area contributed by atoms with E-state index in [1.54, 1.807) is 16.7 Å². The summed E-state index contributed by atoms with van der Waals surface area (Å²) in [6, 6.07) is 0. The third-order valence-corrected chi connectivity index (χ3v) is 2.59. The number of allylic oxidation sites excluding steroid dienone is 1. The smallest absolute Gasteiger partial charge is 0.313 e. The summed E-state index contributed by atoms with van der Waals surface area (Å²) in [6.07, 6.45) is 4.36. The molecule has 0 bridgehead atoms. The second kappa shape index (κ2) is 11.0. The zero-order valence-corrected chi connectivity index (χ0v) is 16.3.